The van der Waals surface area contributed by atoms with Gasteiger partial charge < -0.3 is 25.2 Å². The quantitative estimate of drug-likeness (QED) is 0.266. The Hall–Kier alpha value is -2.44. The Kier molecular flexibility index (Phi) is 9.48. The molecule has 0 spiro atoms. The van der Waals surface area contributed by atoms with Crippen molar-refractivity contribution in [1.82, 2.24) is 15.1 Å². The lowest BCUT2D eigenvalue weighted by Crippen LogP contribution is -2.54. The fourth-order valence-corrected chi connectivity index (χ4v) is 4.57. The standard InChI is InChI=1S/C23H36N6O5/c1-16-13-20(22(30)23(31)34-16)27(3)12-10-18(26-24-2)14-25-21-5-4-11-28(21)15-17-6-8-19(9-7-17)29(32)33/h6-9,14,16,20-23,25,30-31H,4-5,10-13,15H2,1-3H3/b18-14-,26-24-/t16-,20+,21+,22-,23-/m1/s1. The molecule has 0 bridgehead atoms. The zero-order valence-electron chi connectivity index (χ0n) is 20.1. The fraction of sp³-hybridized carbons (Fsp3) is 0.652. The molecular weight excluding hydrogens is 440 g/mol. The Morgan fingerprint density at radius 3 is 2.79 bits per heavy atom. The van der Waals surface area contributed by atoms with Crippen LogP contribution in [0.25, 0.3) is 0 Å². The largest absolute Gasteiger partial charge is 0.386 e. The number of ether oxygens (including phenoxy) is 1. The molecule has 2 heterocycles. The molecule has 3 rings (SSSR count). The van der Waals surface area contributed by atoms with Gasteiger partial charge >= 0.3 is 0 Å². The number of likely N-dealkylation sites (tertiary alicyclic amines) is 1. The molecule has 0 amide bonds. The van der Waals surface area contributed by atoms with E-state index in [0.29, 0.717) is 25.9 Å². The first-order valence-electron chi connectivity index (χ1n) is 11.7. The second kappa shape index (κ2) is 12.3. The van der Waals surface area contributed by atoms with E-state index in [0.717, 1.165) is 30.6 Å². The van der Waals surface area contributed by atoms with Crippen LogP contribution in [0.4, 0.5) is 5.69 Å². The van der Waals surface area contributed by atoms with Gasteiger partial charge in [0, 0.05) is 57.5 Å². The van der Waals surface area contributed by atoms with E-state index in [2.05, 4.69) is 20.4 Å². The minimum Gasteiger partial charge on any atom is -0.386 e. The van der Waals surface area contributed by atoms with Gasteiger partial charge in [0.2, 0.25) is 0 Å². The van der Waals surface area contributed by atoms with Gasteiger partial charge in [0.05, 0.1) is 22.9 Å². The summed E-state index contributed by atoms with van der Waals surface area (Å²) in [6.45, 7) is 4.18. The molecule has 2 aliphatic heterocycles. The summed E-state index contributed by atoms with van der Waals surface area (Å²) in [4.78, 5) is 14.8. The third-order valence-corrected chi connectivity index (χ3v) is 6.49. The van der Waals surface area contributed by atoms with Gasteiger partial charge in [0.1, 0.15) is 6.10 Å². The third-order valence-electron chi connectivity index (χ3n) is 6.49. The monoisotopic (exact) mass is 476 g/mol. The maximum absolute atomic E-state index is 10.9. The first-order chi connectivity index (χ1) is 16.3. The summed E-state index contributed by atoms with van der Waals surface area (Å²) in [5, 5.41) is 42.8. The van der Waals surface area contributed by atoms with Crippen LogP contribution < -0.4 is 5.32 Å². The van der Waals surface area contributed by atoms with E-state index in [-0.39, 0.29) is 28.9 Å². The minimum absolute atomic E-state index is 0.0968. The molecule has 11 nitrogen and oxygen atoms in total. The summed E-state index contributed by atoms with van der Waals surface area (Å²) in [6.07, 6.45) is 3.12. The Labute approximate surface area is 200 Å². The molecule has 11 heteroatoms. The van der Waals surface area contributed by atoms with E-state index < -0.39 is 12.4 Å². The SMILES string of the molecule is C/N=N\C(=C/N[C@@H]1CCCN1Cc1ccc([N+](=O)[O-])cc1)CCN(C)[C@H]1C[C@@H](C)O[C@@H](O)[C@@H]1O. The topological polar surface area (TPSA) is 136 Å². The fourth-order valence-electron chi connectivity index (χ4n) is 4.57. The lowest BCUT2D eigenvalue weighted by atomic mass is 9.99. The van der Waals surface area contributed by atoms with E-state index in [1.54, 1.807) is 31.3 Å². The van der Waals surface area contributed by atoms with Crippen LogP contribution >= 0.6 is 0 Å². The molecule has 2 saturated heterocycles. The van der Waals surface area contributed by atoms with Crippen molar-refractivity contribution in [3.05, 3.63) is 51.8 Å². The molecule has 34 heavy (non-hydrogen) atoms. The Morgan fingerprint density at radius 1 is 1.38 bits per heavy atom. The number of likely N-dealkylation sites (N-methyl/N-ethyl adjacent to an activating group) is 1. The number of benzene rings is 1. The van der Waals surface area contributed by atoms with Crippen molar-refractivity contribution in [2.24, 2.45) is 10.2 Å². The number of aliphatic hydroxyl groups excluding tert-OH is 2. The van der Waals surface area contributed by atoms with Crippen LogP contribution in [0, 0.1) is 10.1 Å². The van der Waals surface area contributed by atoms with Gasteiger partial charge in [-0.05, 0) is 38.8 Å². The van der Waals surface area contributed by atoms with E-state index >= 15 is 0 Å². The molecule has 0 aromatic heterocycles. The molecule has 1 aromatic rings. The molecule has 3 N–H and O–H groups in total. The van der Waals surface area contributed by atoms with Gasteiger partial charge in [-0.25, -0.2) is 0 Å². The van der Waals surface area contributed by atoms with E-state index in [4.69, 9.17) is 4.74 Å². The second-order valence-corrected chi connectivity index (χ2v) is 9.02. The van der Waals surface area contributed by atoms with Crippen molar-refractivity contribution in [2.45, 2.75) is 69.9 Å². The number of nitrogens with zero attached hydrogens (tertiary/aromatic N) is 5. The number of rotatable bonds is 10. The normalized spacial score (nSPS) is 28.6. The summed E-state index contributed by atoms with van der Waals surface area (Å²) in [5.41, 5.74) is 1.93. The summed E-state index contributed by atoms with van der Waals surface area (Å²) in [7, 11) is 3.56. The molecule has 188 valence electrons. The summed E-state index contributed by atoms with van der Waals surface area (Å²) in [5.74, 6) is 0. The van der Waals surface area contributed by atoms with Crippen molar-refractivity contribution in [3.63, 3.8) is 0 Å². The highest BCUT2D eigenvalue weighted by Gasteiger charge is 2.37. The van der Waals surface area contributed by atoms with Crippen LogP contribution in [0.3, 0.4) is 0 Å². The van der Waals surface area contributed by atoms with Gasteiger partial charge in [-0.1, -0.05) is 12.1 Å². The third kappa shape index (κ3) is 7.03. The van der Waals surface area contributed by atoms with Crippen molar-refractivity contribution in [1.29, 1.82) is 0 Å². The molecule has 0 radical (unpaired) electrons. The average molecular weight is 477 g/mol. The van der Waals surface area contributed by atoms with Crippen LogP contribution in [-0.2, 0) is 11.3 Å². The predicted molar refractivity (Wildman–Crippen MR) is 127 cm³/mol. The number of azo groups is 1. The van der Waals surface area contributed by atoms with Crippen molar-refractivity contribution in [3.8, 4) is 0 Å². The zero-order valence-corrected chi connectivity index (χ0v) is 20.1. The summed E-state index contributed by atoms with van der Waals surface area (Å²) in [6, 6.07) is 6.49. The number of nitro benzene ring substituents is 1. The maximum Gasteiger partial charge on any atom is 0.269 e. The van der Waals surface area contributed by atoms with Crippen molar-refractivity contribution < 1.29 is 19.9 Å². The minimum atomic E-state index is -1.17. The molecule has 0 unspecified atom stereocenters. The number of aliphatic hydroxyl groups is 2. The van der Waals surface area contributed by atoms with Crippen LogP contribution in [-0.4, -0.2) is 82.8 Å². The Morgan fingerprint density at radius 2 is 2.12 bits per heavy atom. The molecule has 0 aliphatic carbocycles. The maximum atomic E-state index is 10.9. The molecule has 0 saturated carbocycles. The number of hydrogen-bond acceptors (Lipinski definition) is 10. The van der Waals surface area contributed by atoms with E-state index in [1.165, 1.54) is 0 Å². The highest BCUT2D eigenvalue weighted by Crippen LogP contribution is 2.24. The first-order valence-corrected chi connectivity index (χ1v) is 11.7. The van der Waals surface area contributed by atoms with Gasteiger partial charge in [-0.15, -0.1) is 0 Å². The zero-order chi connectivity index (χ0) is 24.7. The highest BCUT2D eigenvalue weighted by molar-refractivity contribution is 5.32. The lowest BCUT2D eigenvalue weighted by molar-refractivity contribution is -0.384. The average Bonchev–Trinajstić information content (AvgIpc) is 3.25. The van der Waals surface area contributed by atoms with Crippen LogP contribution in [0.2, 0.25) is 0 Å². The second-order valence-electron chi connectivity index (χ2n) is 9.02. The van der Waals surface area contributed by atoms with Crippen molar-refractivity contribution in [2.75, 3.05) is 27.2 Å². The van der Waals surface area contributed by atoms with Crippen molar-refractivity contribution >= 4 is 5.69 Å². The van der Waals surface area contributed by atoms with Crippen LogP contribution in [0.15, 0.2) is 46.4 Å². The highest BCUT2D eigenvalue weighted by atomic mass is 16.6. The van der Waals surface area contributed by atoms with Crippen LogP contribution in [0.1, 0.15) is 38.2 Å². The summed E-state index contributed by atoms with van der Waals surface area (Å²) >= 11 is 0. The Balaban J connectivity index is 1.55. The molecule has 2 aliphatic rings. The van der Waals surface area contributed by atoms with Gasteiger partial charge in [0.25, 0.3) is 5.69 Å². The molecule has 1 aromatic carbocycles. The summed E-state index contributed by atoms with van der Waals surface area (Å²) < 4.78 is 5.30. The van der Waals surface area contributed by atoms with Gasteiger partial charge in [-0.2, -0.15) is 10.2 Å². The number of non-ortho nitro benzene ring substituents is 1. The number of nitrogens with one attached hydrogen (secondary N) is 1. The lowest BCUT2D eigenvalue weighted by Gasteiger charge is -2.40. The molecule has 2 fully saturated rings. The first kappa shape index (κ1) is 26.2. The van der Waals surface area contributed by atoms with Crippen LogP contribution in [0.5, 0.6) is 0 Å². The van der Waals surface area contributed by atoms with Gasteiger partial charge in [0.15, 0.2) is 6.29 Å². The van der Waals surface area contributed by atoms with E-state index in [9.17, 15) is 20.3 Å². The number of nitro groups is 1. The smallest absolute Gasteiger partial charge is 0.269 e. The Bertz CT molecular complexity index is 864. The molecular formula is C23H36N6O5. The van der Waals surface area contributed by atoms with E-state index in [1.807, 2.05) is 25.1 Å². The van der Waals surface area contributed by atoms with Gasteiger partial charge in [-0.3, -0.25) is 15.0 Å². The molecule has 5 atom stereocenters. The predicted octanol–water partition coefficient (Wildman–Crippen LogP) is 2.21. The number of hydrogen-bond donors (Lipinski definition) is 3.